The van der Waals surface area contributed by atoms with Gasteiger partial charge in [0.2, 0.25) is 0 Å². The molecule has 0 amide bonds. The lowest BCUT2D eigenvalue weighted by Gasteiger charge is -2.11. The van der Waals surface area contributed by atoms with Crippen molar-refractivity contribution >= 4 is 27.5 Å². The zero-order chi connectivity index (χ0) is 13.3. The van der Waals surface area contributed by atoms with E-state index in [1.807, 2.05) is 26.1 Å². The lowest BCUT2D eigenvalue weighted by Crippen LogP contribution is -2.15. The fourth-order valence-corrected chi connectivity index (χ4v) is 2.32. The molecule has 96 valence electrons. The third-order valence-electron chi connectivity index (χ3n) is 2.82. The standard InChI is InChI=1S/C12H14BrClN4/c1-7-9(12(14)18(2)17-7)5-10(15)11-4-3-8(13)6-16-11/h3-4,6,10H,5,15H2,1-2H3. The van der Waals surface area contributed by atoms with E-state index in [2.05, 4.69) is 26.0 Å². The summed E-state index contributed by atoms with van der Waals surface area (Å²) in [6.45, 7) is 1.93. The van der Waals surface area contributed by atoms with Crippen LogP contribution < -0.4 is 5.73 Å². The van der Waals surface area contributed by atoms with Gasteiger partial charge in [-0.2, -0.15) is 5.10 Å². The number of aromatic nitrogens is 3. The molecule has 0 aliphatic heterocycles. The molecule has 1 unspecified atom stereocenters. The van der Waals surface area contributed by atoms with E-state index < -0.39 is 0 Å². The van der Waals surface area contributed by atoms with Crippen LogP contribution in [0, 0.1) is 6.92 Å². The third-order valence-corrected chi connectivity index (χ3v) is 3.77. The molecule has 0 spiro atoms. The number of rotatable bonds is 3. The molecule has 0 aliphatic rings. The highest BCUT2D eigenvalue weighted by Gasteiger charge is 2.16. The zero-order valence-corrected chi connectivity index (χ0v) is 12.5. The van der Waals surface area contributed by atoms with Crippen molar-refractivity contribution in [3.05, 3.63) is 44.9 Å². The highest BCUT2D eigenvalue weighted by Crippen LogP contribution is 2.24. The van der Waals surface area contributed by atoms with E-state index in [0.29, 0.717) is 11.6 Å². The van der Waals surface area contributed by atoms with Crippen LogP contribution in [-0.2, 0) is 13.5 Å². The van der Waals surface area contributed by atoms with Crippen LogP contribution in [0.15, 0.2) is 22.8 Å². The van der Waals surface area contributed by atoms with Crippen molar-refractivity contribution in [2.75, 3.05) is 0 Å². The predicted octanol–water partition coefficient (Wildman–Crippen LogP) is 2.78. The maximum absolute atomic E-state index is 6.19. The molecular weight excluding hydrogens is 316 g/mol. The highest BCUT2D eigenvalue weighted by atomic mass is 79.9. The first kappa shape index (κ1) is 13.5. The lowest BCUT2D eigenvalue weighted by atomic mass is 10.0. The summed E-state index contributed by atoms with van der Waals surface area (Å²) in [5, 5.41) is 4.91. The predicted molar refractivity (Wildman–Crippen MR) is 75.5 cm³/mol. The van der Waals surface area contributed by atoms with Gasteiger partial charge in [-0.1, -0.05) is 11.6 Å². The summed E-state index contributed by atoms with van der Waals surface area (Å²) in [5.74, 6) is 0. The molecule has 6 heteroatoms. The Labute approximate surface area is 119 Å². The molecule has 0 fully saturated rings. The number of hydrogen-bond donors (Lipinski definition) is 1. The van der Waals surface area contributed by atoms with Crippen molar-refractivity contribution in [1.82, 2.24) is 14.8 Å². The maximum Gasteiger partial charge on any atom is 0.130 e. The Balaban J connectivity index is 2.21. The third kappa shape index (κ3) is 2.74. The Kier molecular flexibility index (Phi) is 4.04. The van der Waals surface area contributed by atoms with E-state index >= 15 is 0 Å². The van der Waals surface area contributed by atoms with E-state index in [-0.39, 0.29) is 6.04 Å². The fourth-order valence-electron chi connectivity index (χ4n) is 1.84. The fraction of sp³-hybridized carbons (Fsp3) is 0.333. The largest absolute Gasteiger partial charge is 0.322 e. The molecule has 2 aromatic heterocycles. The van der Waals surface area contributed by atoms with Gasteiger partial charge < -0.3 is 5.73 Å². The first-order chi connectivity index (χ1) is 8.49. The average molecular weight is 330 g/mol. The summed E-state index contributed by atoms with van der Waals surface area (Å²) < 4.78 is 2.60. The number of nitrogens with two attached hydrogens (primary N) is 1. The normalized spacial score (nSPS) is 12.7. The molecule has 0 aromatic carbocycles. The first-order valence-corrected chi connectivity index (χ1v) is 6.71. The smallest absolute Gasteiger partial charge is 0.130 e. The van der Waals surface area contributed by atoms with Gasteiger partial charge in [-0.15, -0.1) is 0 Å². The second-order valence-electron chi connectivity index (χ2n) is 4.19. The van der Waals surface area contributed by atoms with Crippen LogP contribution in [-0.4, -0.2) is 14.8 Å². The Morgan fingerprint density at radius 3 is 2.72 bits per heavy atom. The molecule has 0 radical (unpaired) electrons. The van der Waals surface area contributed by atoms with E-state index in [0.717, 1.165) is 21.4 Å². The van der Waals surface area contributed by atoms with Gasteiger partial charge in [-0.25, -0.2) is 0 Å². The molecule has 4 nitrogen and oxygen atoms in total. The molecule has 0 saturated heterocycles. The van der Waals surface area contributed by atoms with Crippen molar-refractivity contribution < 1.29 is 0 Å². The molecule has 2 N–H and O–H groups in total. The zero-order valence-electron chi connectivity index (χ0n) is 10.2. The van der Waals surface area contributed by atoms with Crippen molar-refractivity contribution in [3.8, 4) is 0 Å². The van der Waals surface area contributed by atoms with E-state index in [4.69, 9.17) is 17.3 Å². The van der Waals surface area contributed by atoms with Gasteiger partial charge in [0, 0.05) is 23.3 Å². The summed E-state index contributed by atoms with van der Waals surface area (Å²) in [6.07, 6.45) is 2.38. The second kappa shape index (κ2) is 5.38. The minimum atomic E-state index is -0.182. The van der Waals surface area contributed by atoms with Crippen LogP contribution in [0.25, 0.3) is 0 Å². The molecule has 2 heterocycles. The van der Waals surface area contributed by atoms with Crippen LogP contribution in [0.1, 0.15) is 23.0 Å². The van der Waals surface area contributed by atoms with Gasteiger partial charge in [0.05, 0.1) is 17.4 Å². The van der Waals surface area contributed by atoms with Crippen molar-refractivity contribution in [3.63, 3.8) is 0 Å². The van der Waals surface area contributed by atoms with Crippen LogP contribution >= 0.6 is 27.5 Å². The van der Waals surface area contributed by atoms with Gasteiger partial charge >= 0.3 is 0 Å². The van der Waals surface area contributed by atoms with Gasteiger partial charge in [0.1, 0.15) is 5.15 Å². The first-order valence-electron chi connectivity index (χ1n) is 5.54. The molecule has 2 aromatic rings. The quantitative estimate of drug-likeness (QED) is 0.942. The molecule has 0 bridgehead atoms. The van der Waals surface area contributed by atoms with E-state index in [1.165, 1.54) is 0 Å². The molecular formula is C12H14BrClN4. The number of nitrogens with zero attached hydrogens (tertiary/aromatic N) is 3. The molecule has 0 saturated carbocycles. The molecule has 18 heavy (non-hydrogen) atoms. The van der Waals surface area contributed by atoms with E-state index in [1.54, 1.807) is 10.9 Å². The summed E-state index contributed by atoms with van der Waals surface area (Å²) in [5.41, 5.74) is 8.89. The maximum atomic E-state index is 6.19. The molecule has 2 rings (SSSR count). The lowest BCUT2D eigenvalue weighted by molar-refractivity contribution is 0.693. The van der Waals surface area contributed by atoms with Gasteiger partial charge in [-0.3, -0.25) is 9.67 Å². The second-order valence-corrected chi connectivity index (χ2v) is 5.46. The average Bonchev–Trinajstić information content (AvgIpc) is 2.57. The van der Waals surface area contributed by atoms with Crippen LogP contribution in [0.2, 0.25) is 5.15 Å². The van der Waals surface area contributed by atoms with Crippen LogP contribution in [0.5, 0.6) is 0 Å². The number of pyridine rings is 1. The molecule has 1 atom stereocenters. The Hall–Kier alpha value is -0.910. The Morgan fingerprint density at radius 1 is 1.50 bits per heavy atom. The van der Waals surface area contributed by atoms with Crippen molar-refractivity contribution in [2.24, 2.45) is 12.8 Å². The highest BCUT2D eigenvalue weighted by molar-refractivity contribution is 9.10. The Morgan fingerprint density at radius 2 is 2.22 bits per heavy atom. The minimum absolute atomic E-state index is 0.182. The van der Waals surface area contributed by atoms with E-state index in [9.17, 15) is 0 Å². The summed E-state index contributed by atoms with van der Waals surface area (Å²) in [6, 6.07) is 3.66. The van der Waals surface area contributed by atoms with Crippen molar-refractivity contribution in [2.45, 2.75) is 19.4 Å². The summed E-state index contributed by atoms with van der Waals surface area (Å²) in [7, 11) is 1.82. The number of halogens is 2. The van der Waals surface area contributed by atoms with Gasteiger partial charge in [0.15, 0.2) is 0 Å². The summed E-state index contributed by atoms with van der Waals surface area (Å²) in [4.78, 5) is 4.30. The molecule has 0 aliphatic carbocycles. The minimum Gasteiger partial charge on any atom is -0.322 e. The number of hydrogen-bond acceptors (Lipinski definition) is 3. The number of aryl methyl sites for hydroxylation is 2. The topological polar surface area (TPSA) is 56.7 Å². The monoisotopic (exact) mass is 328 g/mol. The van der Waals surface area contributed by atoms with Crippen LogP contribution in [0.3, 0.4) is 0 Å². The Bertz CT molecular complexity index is 550. The summed E-state index contributed by atoms with van der Waals surface area (Å²) >= 11 is 9.54. The SMILES string of the molecule is Cc1nn(C)c(Cl)c1CC(N)c1ccc(Br)cn1. The van der Waals surface area contributed by atoms with Crippen molar-refractivity contribution in [1.29, 1.82) is 0 Å². The van der Waals surface area contributed by atoms with Gasteiger partial charge in [-0.05, 0) is 41.4 Å². The van der Waals surface area contributed by atoms with Gasteiger partial charge in [0.25, 0.3) is 0 Å². The van der Waals surface area contributed by atoms with Crippen LogP contribution in [0.4, 0.5) is 0 Å².